The van der Waals surface area contributed by atoms with Gasteiger partial charge in [0.1, 0.15) is 5.75 Å². The Bertz CT molecular complexity index is 394. The molecule has 1 atom stereocenters. The van der Waals surface area contributed by atoms with Gasteiger partial charge in [0.2, 0.25) is 0 Å². The highest BCUT2D eigenvalue weighted by Gasteiger charge is 2.15. The predicted octanol–water partition coefficient (Wildman–Crippen LogP) is 3.28. The van der Waals surface area contributed by atoms with Crippen molar-refractivity contribution in [2.75, 3.05) is 26.2 Å². The van der Waals surface area contributed by atoms with Crippen molar-refractivity contribution in [1.29, 1.82) is 0 Å². The van der Waals surface area contributed by atoms with Crippen LogP contribution in [0.15, 0.2) is 30.3 Å². The normalized spacial score (nSPS) is 12.3. The molecule has 0 aliphatic rings. The number of nitrogens with zero attached hydrogens (tertiary/aromatic N) is 1. The Morgan fingerprint density at radius 3 is 2.52 bits per heavy atom. The molecule has 1 N–H and O–H groups in total. The number of carboxylic acid groups (broad SMARTS) is 1. The van der Waals surface area contributed by atoms with Gasteiger partial charge in [0.25, 0.3) is 0 Å². The summed E-state index contributed by atoms with van der Waals surface area (Å²) < 4.78 is 5.67. The third kappa shape index (κ3) is 7.71. The molecule has 0 aliphatic heterocycles. The number of carbonyl (C=O) groups is 1. The Kier molecular flexibility index (Phi) is 8.51. The number of para-hydroxylation sites is 1. The summed E-state index contributed by atoms with van der Waals surface area (Å²) in [5.41, 5.74) is 0. The highest BCUT2D eigenvalue weighted by molar-refractivity contribution is 5.69. The second-order valence-corrected chi connectivity index (χ2v) is 5.41. The lowest BCUT2D eigenvalue weighted by Crippen LogP contribution is -2.34. The summed E-state index contributed by atoms with van der Waals surface area (Å²) in [4.78, 5) is 13.2. The molecule has 0 radical (unpaired) electrons. The van der Waals surface area contributed by atoms with Crippen LogP contribution < -0.4 is 4.74 Å². The molecule has 0 spiro atoms. The van der Waals surface area contributed by atoms with Gasteiger partial charge >= 0.3 is 5.97 Å². The van der Waals surface area contributed by atoms with E-state index < -0.39 is 5.97 Å². The molecular formula is C17H27NO3. The molecule has 21 heavy (non-hydrogen) atoms. The van der Waals surface area contributed by atoms with Crippen LogP contribution in [0.2, 0.25) is 0 Å². The molecule has 1 rings (SSSR count). The summed E-state index contributed by atoms with van der Waals surface area (Å²) in [7, 11) is 0. The Balaban J connectivity index is 2.29. The number of rotatable bonds is 11. The molecular weight excluding hydrogens is 266 g/mol. The molecule has 0 heterocycles. The first-order valence-electron chi connectivity index (χ1n) is 7.76. The standard InChI is InChI=1S/C17H27NO3/c1-3-4-11-18(14-15(2)17(19)20)12-8-13-21-16-9-6-5-7-10-16/h5-7,9-10,15H,3-4,8,11-14H2,1-2H3,(H,19,20). The van der Waals surface area contributed by atoms with Crippen molar-refractivity contribution in [3.8, 4) is 5.75 Å². The molecule has 0 bridgehead atoms. The molecule has 118 valence electrons. The van der Waals surface area contributed by atoms with Crippen LogP contribution in [0.5, 0.6) is 5.75 Å². The minimum absolute atomic E-state index is 0.322. The van der Waals surface area contributed by atoms with E-state index in [1.807, 2.05) is 30.3 Å². The average molecular weight is 293 g/mol. The minimum atomic E-state index is -0.725. The van der Waals surface area contributed by atoms with Gasteiger partial charge in [-0.3, -0.25) is 4.79 Å². The smallest absolute Gasteiger partial charge is 0.307 e. The first kappa shape index (κ1) is 17.5. The summed E-state index contributed by atoms with van der Waals surface area (Å²) in [6, 6.07) is 9.77. The lowest BCUT2D eigenvalue weighted by Gasteiger charge is -2.24. The maximum absolute atomic E-state index is 11.0. The van der Waals surface area contributed by atoms with E-state index in [0.717, 1.165) is 38.1 Å². The van der Waals surface area contributed by atoms with E-state index in [-0.39, 0.29) is 5.92 Å². The quantitative estimate of drug-likeness (QED) is 0.636. The third-order valence-corrected chi connectivity index (χ3v) is 3.41. The lowest BCUT2D eigenvalue weighted by molar-refractivity contribution is -0.141. The summed E-state index contributed by atoms with van der Waals surface area (Å²) in [5, 5.41) is 9.03. The fourth-order valence-electron chi connectivity index (χ4n) is 2.14. The molecule has 0 amide bonds. The summed E-state index contributed by atoms with van der Waals surface area (Å²) >= 11 is 0. The van der Waals surface area contributed by atoms with Crippen LogP contribution in [0.4, 0.5) is 0 Å². The van der Waals surface area contributed by atoms with E-state index in [9.17, 15) is 4.79 Å². The van der Waals surface area contributed by atoms with E-state index in [1.165, 1.54) is 0 Å². The Hall–Kier alpha value is -1.55. The molecule has 0 aromatic heterocycles. The van der Waals surface area contributed by atoms with Crippen molar-refractivity contribution in [2.24, 2.45) is 5.92 Å². The minimum Gasteiger partial charge on any atom is -0.494 e. The molecule has 1 aromatic rings. The Morgan fingerprint density at radius 2 is 1.90 bits per heavy atom. The van der Waals surface area contributed by atoms with Crippen LogP contribution in [-0.2, 0) is 4.79 Å². The van der Waals surface area contributed by atoms with Crippen molar-refractivity contribution in [1.82, 2.24) is 4.90 Å². The summed E-state index contributed by atoms with van der Waals surface area (Å²) in [6.07, 6.45) is 3.13. The van der Waals surface area contributed by atoms with Crippen molar-refractivity contribution in [3.05, 3.63) is 30.3 Å². The van der Waals surface area contributed by atoms with Gasteiger partial charge in [-0.15, -0.1) is 0 Å². The second kappa shape index (κ2) is 10.2. The van der Waals surface area contributed by atoms with Gasteiger partial charge in [-0.25, -0.2) is 0 Å². The molecule has 1 unspecified atom stereocenters. The van der Waals surface area contributed by atoms with Gasteiger partial charge in [-0.2, -0.15) is 0 Å². The Labute approximate surface area is 127 Å². The molecule has 0 fully saturated rings. The van der Waals surface area contributed by atoms with Crippen LogP contribution in [-0.4, -0.2) is 42.2 Å². The SMILES string of the molecule is CCCCN(CCCOc1ccccc1)CC(C)C(=O)O. The number of aliphatic carboxylic acids is 1. The van der Waals surface area contributed by atoms with Crippen molar-refractivity contribution in [2.45, 2.75) is 33.1 Å². The predicted molar refractivity (Wildman–Crippen MR) is 84.7 cm³/mol. The highest BCUT2D eigenvalue weighted by Crippen LogP contribution is 2.09. The highest BCUT2D eigenvalue weighted by atomic mass is 16.5. The van der Waals surface area contributed by atoms with Crippen molar-refractivity contribution >= 4 is 5.97 Å². The number of hydrogen-bond acceptors (Lipinski definition) is 3. The summed E-state index contributed by atoms with van der Waals surface area (Å²) in [6.45, 7) is 7.03. The number of benzene rings is 1. The fraction of sp³-hybridized carbons (Fsp3) is 0.588. The number of ether oxygens (including phenoxy) is 1. The molecule has 0 saturated carbocycles. The zero-order chi connectivity index (χ0) is 15.5. The first-order chi connectivity index (χ1) is 10.1. The maximum atomic E-state index is 11.0. The summed E-state index contributed by atoms with van der Waals surface area (Å²) in [5.74, 6) is -0.162. The zero-order valence-corrected chi connectivity index (χ0v) is 13.1. The van der Waals surface area contributed by atoms with Crippen molar-refractivity contribution < 1.29 is 14.6 Å². The number of hydrogen-bond donors (Lipinski definition) is 1. The van der Waals surface area contributed by atoms with Crippen LogP contribution in [0, 0.1) is 5.92 Å². The molecule has 4 heteroatoms. The van der Waals surface area contributed by atoms with Crippen LogP contribution in [0.3, 0.4) is 0 Å². The lowest BCUT2D eigenvalue weighted by atomic mass is 10.1. The molecule has 0 saturated heterocycles. The zero-order valence-electron chi connectivity index (χ0n) is 13.1. The van der Waals surface area contributed by atoms with Gasteiger partial charge in [0.15, 0.2) is 0 Å². The number of carboxylic acids is 1. The number of unbranched alkanes of at least 4 members (excludes halogenated alkanes) is 1. The van der Waals surface area contributed by atoms with E-state index in [0.29, 0.717) is 13.2 Å². The largest absolute Gasteiger partial charge is 0.494 e. The van der Waals surface area contributed by atoms with Gasteiger partial charge < -0.3 is 14.7 Å². The van der Waals surface area contributed by atoms with Gasteiger partial charge in [0.05, 0.1) is 12.5 Å². The average Bonchev–Trinajstić information content (AvgIpc) is 2.49. The van der Waals surface area contributed by atoms with E-state index in [2.05, 4.69) is 11.8 Å². The van der Waals surface area contributed by atoms with Crippen LogP contribution in [0.25, 0.3) is 0 Å². The third-order valence-electron chi connectivity index (χ3n) is 3.41. The monoisotopic (exact) mass is 293 g/mol. The topological polar surface area (TPSA) is 49.8 Å². The van der Waals surface area contributed by atoms with Gasteiger partial charge in [-0.1, -0.05) is 38.5 Å². The van der Waals surface area contributed by atoms with E-state index >= 15 is 0 Å². The van der Waals surface area contributed by atoms with Crippen molar-refractivity contribution in [3.63, 3.8) is 0 Å². The fourth-order valence-corrected chi connectivity index (χ4v) is 2.14. The maximum Gasteiger partial charge on any atom is 0.307 e. The van der Waals surface area contributed by atoms with E-state index in [1.54, 1.807) is 6.92 Å². The molecule has 1 aromatic carbocycles. The Morgan fingerprint density at radius 1 is 1.24 bits per heavy atom. The van der Waals surface area contributed by atoms with E-state index in [4.69, 9.17) is 9.84 Å². The van der Waals surface area contributed by atoms with Crippen LogP contribution in [0.1, 0.15) is 33.1 Å². The second-order valence-electron chi connectivity index (χ2n) is 5.41. The molecule has 4 nitrogen and oxygen atoms in total. The van der Waals surface area contributed by atoms with Crippen LogP contribution >= 0.6 is 0 Å². The first-order valence-corrected chi connectivity index (χ1v) is 7.76. The van der Waals surface area contributed by atoms with Gasteiger partial charge in [0, 0.05) is 13.1 Å². The molecule has 0 aliphatic carbocycles. The van der Waals surface area contributed by atoms with Gasteiger partial charge in [-0.05, 0) is 31.5 Å².